The van der Waals surface area contributed by atoms with Crippen molar-refractivity contribution in [2.24, 2.45) is 5.92 Å². The molecule has 2 rings (SSSR count). The number of rotatable bonds is 2. The van der Waals surface area contributed by atoms with Crippen molar-refractivity contribution >= 4 is 12.4 Å². The van der Waals surface area contributed by atoms with Crippen LogP contribution < -0.4 is 0 Å². The summed E-state index contributed by atoms with van der Waals surface area (Å²) in [5, 5.41) is 9.87. The standard InChI is InChI=1S/C12H23NO.ClH/c14-12-7-3-2-6-11(12)10-13-8-4-1-5-9-13;/h11-12,14H,1-10H2;1H. The third-order valence-corrected chi connectivity index (χ3v) is 3.81. The molecule has 0 bridgehead atoms. The molecule has 0 aromatic heterocycles. The quantitative estimate of drug-likeness (QED) is 0.792. The van der Waals surface area contributed by atoms with Crippen LogP contribution in [0.1, 0.15) is 44.9 Å². The molecule has 2 aliphatic rings. The van der Waals surface area contributed by atoms with Crippen molar-refractivity contribution in [2.45, 2.75) is 51.0 Å². The Labute approximate surface area is 99.4 Å². The Hall–Kier alpha value is 0.210. The number of halogens is 1. The van der Waals surface area contributed by atoms with E-state index in [2.05, 4.69) is 4.90 Å². The molecule has 0 radical (unpaired) electrons. The van der Waals surface area contributed by atoms with Crippen molar-refractivity contribution in [3.8, 4) is 0 Å². The van der Waals surface area contributed by atoms with Gasteiger partial charge in [0, 0.05) is 6.54 Å². The van der Waals surface area contributed by atoms with Gasteiger partial charge in [-0.2, -0.15) is 0 Å². The molecular weight excluding hydrogens is 210 g/mol. The SMILES string of the molecule is Cl.OC1CCCCC1CN1CCCCC1. The molecule has 1 heterocycles. The molecule has 2 fully saturated rings. The Morgan fingerprint density at radius 3 is 2.27 bits per heavy atom. The van der Waals surface area contributed by atoms with Crippen LogP contribution in [0.3, 0.4) is 0 Å². The monoisotopic (exact) mass is 233 g/mol. The van der Waals surface area contributed by atoms with Crippen molar-refractivity contribution < 1.29 is 5.11 Å². The fourth-order valence-electron chi connectivity index (χ4n) is 2.87. The molecule has 3 heteroatoms. The van der Waals surface area contributed by atoms with Gasteiger partial charge in [0.05, 0.1) is 6.10 Å². The van der Waals surface area contributed by atoms with Crippen LogP contribution in [0, 0.1) is 5.92 Å². The van der Waals surface area contributed by atoms with E-state index in [0.29, 0.717) is 5.92 Å². The second kappa shape index (κ2) is 6.72. The highest BCUT2D eigenvalue weighted by molar-refractivity contribution is 5.85. The van der Waals surface area contributed by atoms with Gasteiger partial charge in [-0.15, -0.1) is 12.4 Å². The van der Waals surface area contributed by atoms with Gasteiger partial charge in [-0.25, -0.2) is 0 Å². The first kappa shape index (κ1) is 13.3. The van der Waals surface area contributed by atoms with Gasteiger partial charge in [0.2, 0.25) is 0 Å². The summed E-state index contributed by atoms with van der Waals surface area (Å²) < 4.78 is 0. The highest BCUT2D eigenvalue weighted by atomic mass is 35.5. The summed E-state index contributed by atoms with van der Waals surface area (Å²) in [5.41, 5.74) is 0. The molecule has 0 amide bonds. The van der Waals surface area contributed by atoms with Gasteiger partial charge in [0.15, 0.2) is 0 Å². The molecule has 2 unspecified atom stereocenters. The van der Waals surface area contributed by atoms with Gasteiger partial charge in [0.25, 0.3) is 0 Å². The highest BCUT2D eigenvalue weighted by Crippen LogP contribution is 2.25. The van der Waals surface area contributed by atoms with Crippen molar-refractivity contribution in [3.63, 3.8) is 0 Å². The lowest BCUT2D eigenvalue weighted by molar-refractivity contribution is 0.0424. The van der Waals surface area contributed by atoms with Gasteiger partial charge >= 0.3 is 0 Å². The van der Waals surface area contributed by atoms with E-state index in [-0.39, 0.29) is 18.5 Å². The molecule has 1 saturated carbocycles. The van der Waals surface area contributed by atoms with Crippen molar-refractivity contribution in [3.05, 3.63) is 0 Å². The van der Waals surface area contributed by atoms with Crippen LogP contribution in [0.25, 0.3) is 0 Å². The Kier molecular flexibility index (Phi) is 5.95. The maximum atomic E-state index is 9.87. The van der Waals surface area contributed by atoms with E-state index in [1.165, 1.54) is 51.6 Å². The number of hydrogen-bond donors (Lipinski definition) is 1. The molecular formula is C12H24ClNO. The van der Waals surface area contributed by atoms with Crippen LogP contribution in [0.4, 0.5) is 0 Å². The Morgan fingerprint density at radius 1 is 0.933 bits per heavy atom. The molecule has 2 atom stereocenters. The lowest BCUT2D eigenvalue weighted by Crippen LogP contribution is -2.39. The van der Waals surface area contributed by atoms with E-state index in [0.717, 1.165) is 13.0 Å². The van der Waals surface area contributed by atoms with Gasteiger partial charge < -0.3 is 10.0 Å². The minimum atomic E-state index is -0.00863. The van der Waals surface area contributed by atoms with Crippen molar-refractivity contribution in [1.29, 1.82) is 0 Å². The average molecular weight is 234 g/mol. The number of piperidine rings is 1. The first-order valence-corrected chi connectivity index (χ1v) is 6.26. The van der Waals surface area contributed by atoms with E-state index < -0.39 is 0 Å². The second-order valence-corrected chi connectivity index (χ2v) is 4.97. The summed E-state index contributed by atoms with van der Waals surface area (Å²) in [6.45, 7) is 3.69. The zero-order valence-corrected chi connectivity index (χ0v) is 10.3. The van der Waals surface area contributed by atoms with E-state index in [4.69, 9.17) is 0 Å². The third-order valence-electron chi connectivity index (χ3n) is 3.81. The highest BCUT2D eigenvalue weighted by Gasteiger charge is 2.25. The summed E-state index contributed by atoms with van der Waals surface area (Å²) in [7, 11) is 0. The van der Waals surface area contributed by atoms with Crippen LogP contribution in [-0.2, 0) is 0 Å². The smallest absolute Gasteiger partial charge is 0.0580 e. The van der Waals surface area contributed by atoms with Crippen LogP contribution in [0.2, 0.25) is 0 Å². The van der Waals surface area contributed by atoms with Gasteiger partial charge in [0.1, 0.15) is 0 Å². The molecule has 15 heavy (non-hydrogen) atoms. The molecule has 0 aromatic carbocycles. The van der Waals surface area contributed by atoms with Crippen LogP contribution in [0.15, 0.2) is 0 Å². The predicted octanol–water partition coefficient (Wildman–Crippen LogP) is 2.45. The zero-order chi connectivity index (χ0) is 9.80. The largest absolute Gasteiger partial charge is 0.393 e. The molecule has 0 aromatic rings. The number of aliphatic hydroxyl groups excluding tert-OH is 1. The summed E-state index contributed by atoms with van der Waals surface area (Å²) in [5.74, 6) is 0.571. The second-order valence-electron chi connectivity index (χ2n) is 4.97. The van der Waals surface area contributed by atoms with Gasteiger partial charge in [-0.1, -0.05) is 19.3 Å². The minimum Gasteiger partial charge on any atom is -0.393 e. The maximum Gasteiger partial charge on any atom is 0.0580 e. The molecule has 1 saturated heterocycles. The Bertz CT molecular complexity index is 171. The number of likely N-dealkylation sites (tertiary alicyclic amines) is 1. The minimum absolute atomic E-state index is 0. The lowest BCUT2D eigenvalue weighted by Gasteiger charge is -2.34. The fourth-order valence-corrected chi connectivity index (χ4v) is 2.87. The van der Waals surface area contributed by atoms with Crippen LogP contribution >= 0.6 is 12.4 Å². The third kappa shape index (κ3) is 3.93. The average Bonchev–Trinajstić information content (AvgIpc) is 2.23. The number of hydrogen-bond acceptors (Lipinski definition) is 2. The van der Waals surface area contributed by atoms with Gasteiger partial charge in [-0.05, 0) is 44.7 Å². The van der Waals surface area contributed by atoms with Crippen molar-refractivity contribution in [2.75, 3.05) is 19.6 Å². The molecule has 2 nitrogen and oxygen atoms in total. The first-order chi connectivity index (χ1) is 6.86. The summed E-state index contributed by atoms with van der Waals surface area (Å²) in [6.07, 6.45) is 8.98. The molecule has 1 aliphatic heterocycles. The van der Waals surface area contributed by atoms with E-state index in [1.54, 1.807) is 0 Å². The summed E-state index contributed by atoms with van der Waals surface area (Å²) >= 11 is 0. The van der Waals surface area contributed by atoms with E-state index >= 15 is 0 Å². The lowest BCUT2D eigenvalue weighted by atomic mass is 9.86. The molecule has 90 valence electrons. The molecule has 1 aliphatic carbocycles. The maximum absolute atomic E-state index is 9.87. The van der Waals surface area contributed by atoms with E-state index in [9.17, 15) is 5.11 Å². The Balaban J connectivity index is 0.00000112. The Morgan fingerprint density at radius 2 is 1.60 bits per heavy atom. The molecule has 0 spiro atoms. The first-order valence-electron chi connectivity index (χ1n) is 6.26. The van der Waals surface area contributed by atoms with E-state index in [1.807, 2.05) is 0 Å². The summed E-state index contributed by atoms with van der Waals surface area (Å²) in [4.78, 5) is 2.56. The van der Waals surface area contributed by atoms with Crippen molar-refractivity contribution in [1.82, 2.24) is 4.90 Å². The fraction of sp³-hybridized carbons (Fsp3) is 1.00. The summed E-state index contributed by atoms with van der Waals surface area (Å²) in [6, 6.07) is 0. The molecule has 1 N–H and O–H groups in total. The number of aliphatic hydroxyl groups is 1. The number of nitrogens with zero attached hydrogens (tertiary/aromatic N) is 1. The predicted molar refractivity (Wildman–Crippen MR) is 65.5 cm³/mol. The van der Waals surface area contributed by atoms with Gasteiger partial charge in [-0.3, -0.25) is 0 Å². The van der Waals surface area contributed by atoms with Crippen LogP contribution in [0.5, 0.6) is 0 Å². The topological polar surface area (TPSA) is 23.5 Å². The van der Waals surface area contributed by atoms with Crippen LogP contribution in [-0.4, -0.2) is 35.7 Å². The zero-order valence-electron chi connectivity index (χ0n) is 9.53. The normalized spacial score (nSPS) is 33.4.